The first kappa shape index (κ1) is 16.1. The summed E-state index contributed by atoms with van der Waals surface area (Å²) in [5.74, 6) is -2.35. The molecule has 1 amide bonds. The van der Waals surface area contributed by atoms with Crippen LogP contribution < -0.4 is 10.6 Å². The zero-order valence-corrected chi connectivity index (χ0v) is 12.4. The molecule has 7 heteroatoms. The normalized spacial score (nSPS) is 21.5. The van der Waals surface area contributed by atoms with Crippen molar-refractivity contribution >= 4 is 17.5 Å². The van der Waals surface area contributed by atoms with Gasteiger partial charge >= 0.3 is 0 Å². The summed E-state index contributed by atoms with van der Waals surface area (Å²) in [5.41, 5.74) is -0.714. The quantitative estimate of drug-likeness (QED) is 0.818. The van der Waals surface area contributed by atoms with Gasteiger partial charge in [0.1, 0.15) is 11.6 Å². The van der Waals surface area contributed by atoms with E-state index in [0.717, 1.165) is 31.5 Å². The van der Waals surface area contributed by atoms with Crippen LogP contribution in [-0.4, -0.2) is 38.3 Å². The van der Waals surface area contributed by atoms with Crippen molar-refractivity contribution in [2.24, 2.45) is 0 Å². The topological polar surface area (TPSA) is 50.4 Å². The highest BCUT2D eigenvalue weighted by molar-refractivity contribution is 6.30. The van der Waals surface area contributed by atoms with Crippen molar-refractivity contribution in [1.29, 1.82) is 0 Å². The van der Waals surface area contributed by atoms with Gasteiger partial charge in [-0.05, 0) is 31.5 Å². The van der Waals surface area contributed by atoms with E-state index in [9.17, 15) is 13.6 Å². The van der Waals surface area contributed by atoms with Crippen LogP contribution in [0.3, 0.4) is 0 Å². The van der Waals surface area contributed by atoms with Crippen LogP contribution in [0, 0.1) is 11.6 Å². The lowest BCUT2D eigenvalue weighted by atomic mass is 9.98. The lowest BCUT2D eigenvalue weighted by molar-refractivity contribution is 0.0888. The van der Waals surface area contributed by atoms with E-state index in [0.29, 0.717) is 6.61 Å². The van der Waals surface area contributed by atoms with Crippen molar-refractivity contribution in [2.45, 2.75) is 18.4 Å². The summed E-state index contributed by atoms with van der Waals surface area (Å²) in [4.78, 5) is 12.0. The van der Waals surface area contributed by atoms with Crippen molar-refractivity contribution in [2.75, 3.05) is 26.8 Å². The third-order valence-electron chi connectivity index (χ3n) is 3.59. The molecule has 0 aliphatic carbocycles. The minimum Gasteiger partial charge on any atom is -0.383 e. The maximum absolute atomic E-state index is 13.7. The number of hydrogen-bond acceptors (Lipinski definition) is 3. The summed E-state index contributed by atoms with van der Waals surface area (Å²) in [6, 6.07) is 1.60. The Morgan fingerprint density at radius 2 is 2.24 bits per heavy atom. The molecular formula is C14H17ClF2N2O2. The van der Waals surface area contributed by atoms with Crippen LogP contribution in [0.4, 0.5) is 8.78 Å². The third kappa shape index (κ3) is 3.70. The van der Waals surface area contributed by atoms with Crippen molar-refractivity contribution in [3.05, 3.63) is 34.4 Å². The van der Waals surface area contributed by atoms with E-state index in [4.69, 9.17) is 16.3 Å². The average Bonchev–Trinajstić information content (AvgIpc) is 2.90. The molecule has 1 aliphatic heterocycles. The molecule has 1 aromatic rings. The summed E-state index contributed by atoms with van der Waals surface area (Å²) >= 11 is 5.46. The van der Waals surface area contributed by atoms with Crippen LogP contribution >= 0.6 is 11.6 Å². The Balaban J connectivity index is 2.06. The Bertz CT molecular complexity index is 534. The number of nitrogens with one attached hydrogen (secondary N) is 2. The molecule has 0 spiro atoms. The fraction of sp³-hybridized carbons (Fsp3) is 0.500. The van der Waals surface area contributed by atoms with Gasteiger partial charge in [0.2, 0.25) is 0 Å². The van der Waals surface area contributed by atoms with Crippen molar-refractivity contribution in [1.82, 2.24) is 10.6 Å². The molecule has 1 heterocycles. The molecule has 1 atom stereocenters. The highest BCUT2D eigenvalue weighted by atomic mass is 35.5. The molecule has 1 aromatic carbocycles. The molecule has 21 heavy (non-hydrogen) atoms. The van der Waals surface area contributed by atoms with Crippen LogP contribution in [0.2, 0.25) is 5.02 Å². The molecule has 1 unspecified atom stereocenters. The summed E-state index contributed by atoms with van der Waals surface area (Å²) in [6.07, 6.45) is 1.82. The second-order valence-electron chi connectivity index (χ2n) is 5.17. The number of benzene rings is 1. The van der Waals surface area contributed by atoms with Crippen LogP contribution in [0.25, 0.3) is 0 Å². The average molecular weight is 319 g/mol. The van der Waals surface area contributed by atoms with E-state index in [1.165, 1.54) is 0 Å². The number of rotatable bonds is 5. The van der Waals surface area contributed by atoms with Gasteiger partial charge in [-0.15, -0.1) is 0 Å². The van der Waals surface area contributed by atoms with E-state index >= 15 is 0 Å². The first-order chi connectivity index (χ1) is 9.97. The number of halogens is 3. The monoisotopic (exact) mass is 318 g/mol. The zero-order valence-electron chi connectivity index (χ0n) is 11.6. The number of hydrogen-bond donors (Lipinski definition) is 2. The smallest absolute Gasteiger partial charge is 0.254 e. The van der Waals surface area contributed by atoms with Crippen LogP contribution in [0.1, 0.15) is 23.2 Å². The van der Waals surface area contributed by atoms with Gasteiger partial charge in [0.25, 0.3) is 5.91 Å². The summed E-state index contributed by atoms with van der Waals surface area (Å²) in [7, 11) is 1.58. The Labute approximate surface area is 126 Å². The fourth-order valence-electron chi connectivity index (χ4n) is 2.51. The lowest BCUT2D eigenvalue weighted by Crippen LogP contribution is -2.53. The predicted octanol–water partition coefficient (Wildman–Crippen LogP) is 2.12. The standard InChI is InChI=1S/C14H17ClF2N2O2/c1-21-8-14(3-2-4-19-14)7-18-13(20)9-5-12(17)10(15)6-11(9)16/h5-6,19H,2-4,7-8H2,1H3,(H,18,20). The number of carbonyl (C=O) groups excluding carboxylic acids is 1. The van der Waals surface area contributed by atoms with Crippen LogP contribution in [0.15, 0.2) is 12.1 Å². The second-order valence-corrected chi connectivity index (χ2v) is 5.58. The van der Waals surface area contributed by atoms with Gasteiger partial charge in [0.05, 0.1) is 22.7 Å². The number of carbonyl (C=O) groups is 1. The van der Waals surface area contributed by atoms with E-state index in [2.05, 4.69) is 10.6 Å². The highest BCUT2D eigenvalue weighted by Crippen LogP contribution is 2.21. The number of amides is 1. The Morgan fingerprint density at radius 3 is 2.86 bits per heavy atom. The van der Waals surface area contributed by atoms with Gasteiger partial charge in [0.15, 0.2) is 0 Å². The van der Waals surface area contributed by atoms with E-state index in [1.54, 1.807) is 7.11 Å². The molecule has 116 valence electrons. The molecule has 4 nitrogen and oxygen atoms in total. The molecule has 0 radical (unpaired) electrons. The van der Waals surface area contributed by atoms with Gasteiger partial charge in [-0.2, -0.15) is 0 Å². The van der Waals surface area contributed by atoms with Crippen molar-refractivity contribution < 1.29 is 18.3 Å². The van der Waals surface area contributed by atoms with E-state index in [1.807, 2.05) is 0 Å². The van der Waals surface area contributed by atoms with Gasteiger partial charge < -0.3 is 15.4 Å². The molecule has 0 saturated carbocycles. The largest absolute Gasteiger partial charge is 0.383 e. The first-order valence-corrected chi connectivity index (χ1v) is 7.02. The van der Waals surface area contributed by atoms with Gasteiger partial charge in [-0.3, -0.25) is 4.79 Å². The summed E-state index contributed by atoms with van der Waals surface area (Å²) in [5, 5.41) is 5.56. The third-order valence-corrected chi connectivity index (χ3v) is 3.88. The number of ether oxygens (including phenoxy) is 1. The highest BCUT2D eigenvalue weighted by Gasteiger charge is 2.34. The van der Waals surface area contributed by atoms with Crippen molar-refractivity contribution in [3.8, 4) is 0 Å². The van der Waals surface area contributed by atoms with Gasteiger partial charge in [0, 0.05) is 13.7 Å². The molecular weight excluding hydrogens is 302 g/mol. The molecule has 2 rings (SSSR count). The van der Waals surface area contributed by atoms with Crippen molar-refractivity contribution in [3.63, 3.8) is 0 Å². The Kier molecular flexibility index (Phi) is 5.13. The maximum Gasteiger partial charge on any atom is 0.254 e. The molecule has 0 bridgehead atoms. The lowest BCUT2D eigenvalue weighted by Gasteiger charge is -2.29. The van der Waals surface area contributed by atoms with Crippen LogP contribution in [-0.2, 0) is 4.74 Å². The second kappa shape index (κ2) is 6.68. The first-order valence-electron chi connectivity index (χ1n) is 6.64. The number of methoxy groups -OCH3 is 1. The molecule has 1 fully saturated rings. The van der Waals surface area contributed by atoms with Gasteiger partial charge in [-0.25, -0.2) is 8.78 Å². The zero-order chi connectivity index (χ0) is 15.5. The predicted molar refractivity (Wildman–Crippen MR) is 75.5 cm³/mol. The summed E-state index contributed by atoms with van der Waals surface area (Å²) < 4.78 is 32.2. The Morgan fingerprint density at radius 1 is 1.48 bits per heavy atom. The summed E-state index contributed by atoms with van der Waals surface area (Å²) in [6.45, 7) is 1.55. The molecule has 0 aromatic heterocycles. The molecule has 2 N–H and O–H groups in total. The van der Waals surface area contributed by atoms with E-state index in [-0.39, 0.29) is 22.7 Å². The SMILES string of the molecule is COCC1(CNC(=O)c2cc(F)c(Cl)cc2F)CCCN1. The maximum atomic E-state index is 13.7. The van der Waals surface area contributed by atoms with Crippen LogP contribution in [0.5, 0.6) is 0 Å². The van der Waals surface area contributed by atoms with Gasteiger partial charge in [-0.1, -0.05) is 11.6 Å². The fourth-order valence-corrected chi connectivity index (χ4v) is 2.66. The molecule has 1 aliphatic rings. The molecule has 1 saturated heterocycles. The van der Waals surface area contributed by atoms with E-state index < -0.39 is 17.5 Å². The Hall–Kier alpha value is -1.24. The minimum atomic E-state index is -0.848. The minimum absolute atomic E-state index is 0.281.